The zero-order chi connectivity index (χ0) is 90.2. The van der Waals surface area contributed by atoms with Crippen molar-refractivity contribution in [2.24, 2.45) is 58.2 Å². The molecule has 0 radical (unpaired) electrons. The minimum absolute atomic E-state index is 0.00755. The summed E-state index contributed by atoms with van der Waals surface area (Å²) in [6, 6.07) is 0. The molecule has 2 aromatic rings. The maximum atomic E-state index is 13.3. The lowest BCUT2D eigenvalue weighted by Gasteiger charge is -2.42. The van der Waals surface area contributed by atoms with Crippen LogP contribution >= 0.6 is 0 Å². The Morgan fingerprint density at radius 3 is 1.50 bits per heavy atom. The van der Waals surface area contributed by atoms with E-state index >= 15 is 0 Å². The van der Waals surface area contributed by atoms with Gasteiger partial charge in [0, 0.05) is 17.5 Å². The smallest absolute Gasteiger partial charge is 0.311 e. The number of fused-ring (bicyclic) bond motifs is 3. The first-order chi connectivity index (χ1) is 58.3. The highest BCUT2D eigenvalue weighted by molar-refractivity contribution is 5.81. The Kier molecular flexibility index (Phi) is 43.2. The summed E-state index contributed by atoms with van der Waals surface area (Å²) in [6.45, 7) is 56.3. The molecule has 3 fully saturated rings. The van der Waals surface area contributed by atoms with E-state index < -0.39 is 17.9 Å². The van der Waals surface area contributed by atoms with E-state index in [-0.39, 0.29) is 61.0 Å². The van der Waals surface area contributed by atoms with Gasteiger partial charge in [0.1, 0.15) is 46.9 Å². The third-order valence-corrected chi connectivity index (χ3v) is 30.1. The first-order valence-corrected chi connectivity index (χ1v) is 50.2. The zero-order valence-corrected chi connectivity index (χ0v) is 82.9. The highest BCUT2D eigenvalue weighted by atomic mass is 16.6. The molecular formula is C113H178O10. The van der Waals surface area contributed by atoms with Gasteiger partial charge in [0.25, 0.3) is 0 Å². The van der Waals surface area contributed by atoms with Gasteiger partial charge in [-0.25, -0.2) is 0 Å². The average molecular weight is 1700 g/mol. The van der Waals surface area contributed by atoms with Crippen LogP contribution in [0.15, 0.2) is 94.2 Å². The predicted octanol–water partition coefficient (Wildman–Crippen LogP) is 32.2. The van der Waals surface area contributed by atoms with Crippen LogP contribution in [0.2, 0.25) is 0 Å². The molecule has 10 heteroatoms. The maximum Gasteiger partial charge on any atom is 0.311 e. The van der Waals surface area contributed by atoms with Crippen molar-refractivity contribution in [3.05, 3.63) is 139 Å². The first-order valence-electron chi connectivity index (χ1n) is 50.2. The van der Waals surface area contributed by atoms with Gasteiger partial charge in [-0.1, -0.05) is 288 Å². The molecule has 0 aromatic heterocycles. The summed E-state index contributed by atoms with van der Waals surface area (Å²) in [5.74, 6) is 7.93. The monoisotopic (exact) mass is 1700 g/mol. The van der Waals surface area contributed by atoms with Crippen LogP contribution in [-0.4, -0.2) is 47.8 Å². The molecule has 8 rings (SSSR count). The molecule has 4 aliphatic carbocycles. The van der Waals surface area contributed by atoms with E-state index in [0.717, 1.165) is 160 Å². The van der Waals surface area contributed by atoms with Crippen LogP contribution in [0.25, 0.3) is 0 Å². The van der Waals surface area contributed by atoms with Crippen LogP contribution in [0.4, 0.5) is 0 Å². The van der Waals surface area contributed by atoms with Crippen LogP contribution < -0.4 is 18.9 Å². The highest BCUT2D eigenvalue weighted by Crippen LogP contribution is 2.59. The van der Waals surface area contributed by atoms with Gasteiger partial charge >= 0.3 is 23.9 Å². The standard InChI is InChI=1S/C60H96O5.C53H82O5/c1-12-13-14-15-16-17-28-51-32-34-54-49(27-21-39-60(51,54)11)30-31-50-41-52(33-29-45(50)6)63-55(61)35-36-56(62)64-57-46(7)47(8)58-53(48(57)9)37-40-59(10,65-58)38-20-26-44(5)25-19-24-43(4)23-18-22-42(2)3;1-37(2)19-14-20-38(3)21-15-22-39(4)25-17-34-53(13)35-31-46-45(10)50(43(8)44(9)51(46)58-53)57-49(55)30-29-48(54)56-36-32-41(6)24-16-23-40(5)27-28-47-42(7)26-18-33-52(47,11)12/h30-31,42-44,51-52,54H,6,12-29,32-41H2,1-5,7-11H3;16,23-24,27-28,32,37-39H,14-15,17-22,25-26,29-31,33-36H2,1-13H3/b49-30-,50-31+;24-16+,28-27+,40-23+,41-32+. The van der Waals surface area contributed by atoms with Gasteiger partial charge < -0.3 is 28.4 Å². The van der Waals surface area contributed by atoms with Crippen molar-refractivity contribution in [2.45, 2.75) is 459 Å². The Balaban J connectivity index is 0.000000341. The molecule has 0 saturated heterocycles. The van der Waals surface area contributed by atoms with E-state index in [0.29, 0.717) is 29.3 Å². The van der Waals surface area contributed by atoms with Gasteiger partial charge in [0.15, 0.2) is 0 Å². The molecule has 2 aromatic carbocycles. The molecule has 2 heterocycles. The third kappa shape index (κ3) is 33.5. The fraction of sp³-hybridized carbons (Fsp3) is 0.717. The summed E-state index contributed by atoms with van der Waals surface area (Å²) in [7, 11) is 0. The largest absolute Gasteiger partial charge is 0.487 e. The van der Waals surface area contributed by atoms with Gasteiger partial charge in [-0.05, 0) is 307 Å². The van der Waals surface area contributed by atoms with Crippen LogP contribution in [0.3, 0.4) is 0 Å². The van der Waals surface area contributed by atoms with Crippen molar-refractivity contribution in [2.75, 3.05) is 6.61 Å². The molecule has 690 valence electrons. The molecule has 0 spiro atoms. The number of benzene rings is 2. The minimum Gasteiger partial charge on any atom is -0.487 e. The van der Waals surface area contributed by atoms with E-state index in [4.69, 9.17) is 28.4 Å². The van der Waals surface area contributed by atoms with E-state index in [9.17, 15) is 19.2 Å². The van der Waals surface area contributed by atoms with E-state index in [1.54, 1.807) is 5.57 Å². The number of unbranched alkanes of at least 4 members (excludes halogenated alkanes) is 5. The molecular weight excluding hydrogens is 1520 g/mol. The summed E-state index contributed by atoms with van der Waals surface area (Å²) in [5.41, 5.74) is 17.5. The number of hydrogen-bond donors (Lipinski definition) is 0. The number of carbonyl (C=O) groups is 4. The Bertz CT molecular complexity index is 3970. The molecule has 2 aliphatic heterocycles. The fourth-order valence-electron chi connectivity index (χ4n) is 21.3. The summed E-state index contributed by atoms with van der Waals surface area (Å²) in [5, 5.41) is 0. The van der Waals surface area contributed by atoms with Gasteiger partial charge in [-0.2, -0.15) is 0 Å². The molecule has 3 saturated carbocycles. The second-order valence-corrected chi connectivity index (χ2v) is 42.6. The van der Waals surface area contributed by atoms with Crippen molar-refractivity contribution in [1.82, 2.24) is 0 Å². The van der Waals surface area contributed by atoms with Crippen LogP contribution in [0.1, 0.15) is 432 Å². The van der Waals surface area contributed by atoms with Crippen molar-refractivity contribution in [3.8, 4) is 23.0 Å². The van der Waals surface area contributed by atoms with Crippen molar-refractivity contribution in [3.63, 3.8) is 0 Å². The van der Waals surface area contributed by atoms with Gasteiger partial charge in [-0.15, -0.1) is 0 Å². The SMILES string of the molecule is C=C1CCC(OC(=O)CCC(=O)Oc2c(C)c(C)c3c(c2C)CCC(C)(CCCC(C)CCCC(C)CCCC(C)C)O3)C/C1=C\C=C1\CCCC2(C)C(CCCCCCCC)CCC12.CC1=C(/C=C/C(C)=C/C=C/C(C)=C/COC(=O)CCC(=O)Oc2c(C)c(C)c3c(c2C)CCC(C)(CCCC(C)CCCC(C)CCCC(C)C)O3)C(C)(C)CCC1. The summed E-state index contributed by atoms with van der Waals surface area (Å²) in [4.78, 5) is 52.0. The number of allylic oxidation sites excluding steroid dienone is 13. The highest BCUT2D eigenvalue weighted by Gasteiger charge is 2.49. The van der Waals surface area contributed by atoms with Gasteiger partial charge in [0.2, 0.25) is 0 Å². The molecule has 10 unspecified atom stereocenters. The van der Waals surface area contributed by atoms with Crippen molar-refractivity contribution < 1.29 is 47.6 Å². The number of hydrogen-bond acceptors (Lipinski definition) is 10. The summed E-state index contributed by atoms with van der Waals surface area (Å²) < 4.78 is 37.1. The Labute approximate surface area is 752 Å². The predicted molar refractivity (Wildman–Crippen MR) is 517 cm³/mol. The Morgan fingerprint density at radius 2 is 0.984 bits per heavy atom. The molecule has 0 N–H and O–H groups in total. The molecule has 10 atom stereocenters. The van der Waals surface area contributed by atoms with E-state index in [1.807, 2.05) is 52.8 Å². The number of carbonyl (C=O) groups excluding carboxylic acids is 4. The Hall–Kier alpha value is -6.16. The fourth-order valence-corrected chi connectivity index (χ4v) is 21.3. The maximum absolute atomic E-state index is 13.3. The lowest BCUT2D eigenvalue weighted by Crippen LogP contribution is -2.37. The van der Waals surface area contributed by atoms with Crippen molar-refractivity contribution >= 4 is 23.9 Å². The third-order valence-electron chi connectivity index (χ3n) is 30.1. The molecule has 6 aliphatic rings. The van der Waals surface area contributed by atoms with Crippen LogP contribution in [-0.2, 0) is 41.5 Å². The van der Waals surface area contributed by atoms with Gasteiger partial charge in [-0.3, -0.25) is 19.2 Å². The van der Waals surface area contributed by atoms with E-state index in [2.05, 4.69) is 162 Å². The van der Waals surface area contributed by atoms with Crippen molar-refractivity contribution in [1.29, 1.82) is 0 Å². The first kappa shape index (κ1) is 104. The van der Waals surface area contributed by atoms with Gasteiger partial charge in [0.05, 0.1) is 25.7 Å². The molecule has 0 amide bonds. The number of ether oxygens (including phenoxy) is 6. The van der Waals surface area contributed by atoms with Crippen LogP contribution in [0.5, 0.6) is 23.0 Å². The lowest BCUT2D eigenvalue weighted by molar-refractivity contribution is -0.152. The quantitative estimate of drug-likeness (QED) is 0.0274. The molecule has 10 nitrogen and oxygen atoms in total. The summed E-state index contributed by atoms with van der Waals surface area (Å²) >= 11 is 0. The number of esters is 4. The summed E-state index contributed by atoms with van der Waals surface area (Å²) in [6.07, 6.45) is 66.0. The van der Waals surface area contributed by atoms with E-state index in [1.165, 1.54) is 221 Å². The van der Waals surface area contributed by atoms with Crippen LogP contribution in [0, 0.1) is 99.7 Å². The average Bonchev–Trinajstić information content (AvgIpc) is 1.75. The normalized spacial score (nSPS) is 23.3. The molecule has 0 bridgehead atoms. The second-order valence-electron chi connectivity index (χ2n) is 42.6. The lowest BCUT2D eigenvalue weighted by atomic mass is 9.62. The topological polar surface area (TPSA) is 124 Å². The number of rotatable bonds is 47. The minimum atomic E-state index is -0.428. The molecule has 123 heavy (non-hydrogen) atoms. The zero-order valence-electron chi connectivity index (χ0n) is 82.9. The second kappa shape index (κ2) is 51.1. The Morgan fingerprint density at radius 1 is 0.496 bits per heavy atom.